The maximum Gasteiger partial charge on any atom is 0.275 e. The van der Waals surface area contributed by atoms with Crippen molar-refractivity contribution in [3.8, 4) is 10.4 Å². The number of aromatic nitrogens is 3. The number of thioether (sulfide) groups is 1. The van der Waals surface area contributed by atoms with Crippen molar-refractivity contribution in [2.45, 2.75) is 19.9 Å². The molecule has 176 valence electrons. The Hall–Kier alpha value is -2.83. The predicted molar refractivity (Wildman–Crippen MR) is 130 cm³/mol. The van der Waals surface area contributed by atoms with E-state index in [1.807, 2.05) is 5.38 Å². The fraction of sp³-hybridized carbons (Fsp3) is 0.273. The molecule has 7 nitrogen and oxygen atoms in total. The second kappa shape index (κ2) is 9.08. The van der Waals surface area contributed by atoms with Crippen LogP contribution in [-0.2, 0) is 0 Å². The van der Waals surface area contributed by atoms with Crippen LogP contribution in [0.25, 0.3) is 15.4 Å². The minimum Gasteiger partial charge on any atom is -0.349 e. The van der Waals surface area contributed by atoms with E-state index < -0.39 is 11.6 Å². The van der Waals surface area contributed by atoms with Gasteiger partial charge in [0, 0.05) is 23.9 Å². The zero-order valence-electron chi connectivity index (χ0n) is 18.2. The Morgan fingerprint density at radius 2 is 2.03 bits per heavy atom. The molecule has 1 aliphatic rings. The van der Waals surface area contributed by atoms with Crippen LogP contribution in [0.1, 0.15) is 31.7 Å². The molecule has 2 amide bonds. The van der Waals surface area contributed by atoms with Gasteiger partial charge in [0.15, 0.2) is 16.6 Å². The lowest BCUT2D eigenvalue weighted by molar-refractivity contribution is 0.0731. The molecule has 1 atom stereocenters. The minimum absolute atomic E-state index is 0.207. The molecule has 3 aromatic heterocycles. The van der Waals surface area contributed by atoms with Crippen molar-refractivity contribution in [1.82, 2.24) is 24.6 Å². The van der Waals surface area contributed by atoms with Crippen molar-refractivity contribution in [1.29, 1.82) is 0 Å². The largest absolute Gasteiger partial charge is 0.349 e. The molecule has 1 aromatic carbocycles. The fourth-order valence-corrected chi connectivity index (χ4v) is 6.75. The number of benzene rings is 1. The minimum atomic E-state index is -0.978. The lowest BCUT2D eigenvalue weighted by Gasteiger charge is -2.23. The molecule has 4 heterocycles. The van der Waals surface area contributed by atoms with E-state index in [0.29, 0.717) is 38.5 Å². The van der Waals surface area contributed by atoms with E-state index in [1.54, 1.807) is 41.1 Å². The molecule has 0 unspecified atom stereocenters. The number of nitrogens with zero attached hydrogens (tertiary/aromatic N) is 4. The van der Waals surface area contributed by atoms with Crippen LogP contribution in [0.4, 0.5) is 8.78 Å². The van der Waals surface area contributed by atoms with Gasteiger partial charge in [-0.05, 0) is 31.5 Å². The van der Waals surface area contributed by atoms with Crippen LogP contribution in [0.5, 0.6) is 0 Å². The summed E-state index contributed by atoms with van der Waals surface area (Å²) in [5, 5.41) is 5.46. The highest BCUT2D eigenvalue weighted by Gasteiger charge is 2.33. The standard InChI is InChI=1S/C22H19F2N5O2S3/c1-11-18(28-5-6-33-22(28)26-11)20(30)25-8-14-9-32-10-29(14)21(31)17-19(34-12(2)27-17)13-3-4-15(23)16(24)7-13/h3-7,14H,8-10H2,1-2H3,(H,25,30)/t14-/m1/s1. The summed E-state index contributed by atoms with van der Waals surface area (Å²) in [7, 11) is 0. The highest BCUT2D eigenvalue weighted by molar-refractivity contribution is 7.99. The lowest BCUT2D eigenvalue weighted by Crippen LogP contribution is -2.44. The van der Waals surface area contributed by atoms with Gasteiger partial charge in [-0.1, -0.05) is 6.07 Å². The highest BCUT2D eigenvalue weighted by atomic mass is 32.2. The van der Waals surface area contributed by atoms with Crippen molar-refractivity contribution in [2.75, 3.05) is 18.2 Å². The first-order chi connectivity index (χ1) is 16.3. The Balaban J connectivity index is 1.35. The van der Waals surface area contributed by atoms with E-state index in [4.69, 9.17) is 0 Å². The second-order valence-corrected chi connectivity index (χ2v) is 10.9. The van der Waals surface area contributed by atoms with Crippen molar-refractivity contribution in [2.24, 2.45) is 0 Å². The number of thiazole rings is 2. The lowest BCUT2D eigenvalue weighted by atomic mass is 10.1. The molecule has 0 aliphatic carbocycles. The van der Waals surface area contributed by atoms with Crippen molar-refractivity contribution >= 4 is 51.2 Å². The molecule has 0 saturated carbocycles. The van der Waals surface area contributed by atoms with Crippen molar-refractivity contribution in [3.05, 3.63) is 63.5 Å². The van der Waals surface area contributed by atoms with Gasteiger partial charge in [0.2, 0.25) is 0 Å². The molecule has 0 bridgehead atoms. The van der Waals surface area contributed by atoms with Gasteiger partial charge in [-0.2, -0.15) is 0 Å². The third kappa shape index (κ3) is 4.10. The number of carbonyl (C=O) groups is 2. The van der Waals surface area contributed by atoms with Crippen LogP contribution in [0.2, 0.25) is 0 Å². The number of hydrogen-bond acceptors (Lipinski definition) is 7. The summed E-state index contributed by atoms with van der Waals surface area (Å²) in [6.45, 7) is 3.83. The molecule has 34 heavy (non-hydrogen) atoms. The first kappa shape index (κ1) is 22.9. The summed E-state index contributed by atoms with van der Waals surface area (Å²) in [4.78, 5) is 38.1. The van der Waals surface area contributed by atoms with Gasteiger partial charge in [-0.3, -0.25) is 14.0 Å². The number of aryl methyl sites for hydroxylation is 2. The summed E-state index contributed by atoms with van der Waals surface area (Å²) in [5.41, 5.74) is 1.74. The fourth-order valence-electron chi connectivity index (χ4n) is 3.88. The van der Waals surface area contributed by atoms with E-state index in [2.05, 4.69) is 15.3 Å². The van der Waals surface area contributed by atoms with E-state index in [-0.39, 0.29) is 30.1 Å². The third-order valence-corrected chi connectivity index (χ3v) is 8.37. The van der Waals surface area contributed by atoms with Crippen LogP contribution < -0.4 is 5.32 Å². The Kier molecular flexibility index (Phi) is 6.13. The number of carbonyl (C=O) groups excluding carboxylic acids is 2. The molecule has 5 rings (SSSR count). The molecule has 12 heteroatoms. The van der Waals surface area contributed by atoms with E-state index in [9.17, 15) is 18.4 Å². The Morgan fingerprint density at radius 1 is 1.21 bits per heavy atom. The quantitative estimate of drug-likeness (QED) is 0.424. The number of rotatable bonds is 5. The first-order valence-corrected chi connectivity index (χ1v) is 13.2. The number of nitrogens with one attached hydrogen (secondary N) is 1. The molecule has 0 radical (unpaired) electrons. The number of amides is 2. The maximum atomic E-state index is 13.8. The van der Waals surface area contributed by atoms with Crippen LogP contribution in [-0.4, -0.2) is 55.3 Å². The van der Waals surface area contributed by atoms with Gasteiger partial charge in [0.05, 0.1) is 27.5 Å². The van der Waals surface area contributed by atoms with Crippen LogP contribution >= 0.6 is 34.4 Å². The Bertz CT molecular complexity index is 1410. The summed E-state index contributed by atoms with van der Waals surface area (Å²) < 4.78 is 29.0. The van der Waals surface area contributed by atoms with Gasteiger partial charge < -0.3 is 10.2 Å². The molecule has 0 spiro atoms. The summed E-state index contributed by atoms with van der Waals surface area (Å²) in [6.07, 6.45) is 1.81. The first-order valence-electron chi connectivity index (χ1n) is 10.4. The number of imidazole rings is 1. The van der Waals surface area contributed by atoms with Crippen LogP contribution in [0, 0.1) is 25.5 Å². The molecule has 1 saturated heterocycles. The van der Waals surface area contributed by atoms with E-state index in [0.717, 1.165) is 17.1 Å². The normalized spacial score (nSPS) is 15.9. The Morgan fingerprint density at radius 3 is 2.82 bits per heavy atom. The van der Waals surface area contributed by atoms with Gasteiger partial charge >= 0.3 is 0 Å². The summed E-state index contributed by atoms with van der Waals surface area (Å²) >= 11 is 4.30. The third-order valence-electron chi connectivity index (χ3n) is 5.51. The molecular formula is C22H19F2N5O2S3. The molecule has 1 N–H and O–H groups in total. The molecule has 4 aromatic rings. The average Bonchev–Trinajstić information content (AvgIpc) is 3.57. The number of hydrogen-bond donors (Lipinski definition) is 1. The molecule has 1 aliphatic heterocycles. The summed E-state index contributed by atoms with van der Waals surface area (Å²) in [6, 6.07) is 3.33. The Labute approximate surface area is 205 Å². The zero-order chi connectivity index (χ0) is 24.0. The summed E-state index contributed by atoms with van der Waals surface area (Å²) in [5.74, 6) is -1.36. The van der Waals surface area contributed by atoms with Crippen LogP contribution in [0.15, 0.2) is 29.8 Å². The van der Waals surface area contributed by atoms with Gasteiger partial charge in [-0.25, -0.2) is 18.7 Å². The van der Waals surface area contributed by atoms with Crippen LogP contribution in [0.3, 0.4) is 0 Å². The number of fused-ring (bicyclic) bond motifs is 1. The molecular weight excluding hydrogens is 500 g/mol. The van der Waals surface area contributed by atoms with E-state index >= 15 is 0 Å². The van der Waals surface area contributed by atoms with E-state index in [1.165, 1.54) is 28.7 Å². The van der Waals surface area contributed by atoms with Crippen molar-refractivity contribution in [3.63, 3.8) is 0 Å². The highest BCUT2D eigenvalue weighted by Crippen LogP contribution is 2.33. The maximum absolute atomic E-state index is 13.8. The topological polar surface area (TPSA) is 79.6 Å². The second-order valence-electron chi connectivity index (χ2n) is 7.78. The SMILES string of the molecule is Cc1nc(C(=O)N2CSC[C@H]2CNC(=O)c2c(C)nc3sccn23)c(-c2ccc(F)c(F)c2)s1. The van der Waals surface area contributed by atoms with Gasteiger partial charge in [-0.15, -0.1) is 34.4 Å². The van der Waals surface area contributed by atoms with Crippen molar-refractivity contribution < 1.29 is 18.4 Å². The zero-order valence-corrected chi connectivity index (χ0v) is 20.6. The monoisotopic (exact) mass is 519 g/mol. The average molecular weight is 520 g/mol. The smallest absolute Gasteiger partial charge is 0.275 e. The van der Waals surface area contributed by atoms with Gasteiger partial charge in [0.1, 0.15) is 11.4 Å². The van der Waals surface area contributed by atoms with Gasteiger partial charge in [0.25, 0.3) is 11.8 Å². The predicted octanol–water partition coefficient (Wildman–Crippen LogP) is 4.36. The molecule has 1 fully saturated rings. The number of halogens is 2.